The Morgan fingerprint density at radius 1 is 1.64 bits per heavy atom. The van der Waals surface area contributed by atoms with Gasteiger partial charge in [0.2, 0.25) is 0 Å². The Hall–Kier alpha value is -0.315. The Labute approximate surface area is 66.8 Å². The van der Waals surface area contributed by atoms with Crippen molar-refractivity contribution in [3.05, 3.63) is 11.5 Å². The van der Waals surface area contributed by atoms with Gasteiger partial charge in [0.05, 0.1) is 6.10 Å². The first kappa shape index (κ1) is 8.78. The van der Waals surface area contributed by atoms with E-state index in [1.807, 2.05) is 0 Å². The molecule has 3 nitrogen and oxygen atoms in total. The minimum atomic E-state index is -1.30. The number of methoxy groups -OCH3 is 1. The summed E-state index contributed by atoms with van der Waals surface area (Å²) in [5.41, 5.74) is 0.683. The van der Waals surface area contributed by atoms with Crippen molar-refractivity contribution in [3.63, 3.8) is 0 Å². The Morgan fingerprint density at radius 2 is 2.36 bits per heavy atom. The van der Waals surface area contributed by atoms with Crippen LogP contribution in [0.25, 0.3) is 0 Å². The standard InChI is InChI=1S/C7H13BO3/c1-11-7-4-2-3-6(5-7)8(9)10/h5,7,9-10H,2-4H2,1H3. The Balaban J connectivity index is 2.57. The SMILES string of the molecule is COC1C=C(B(O)O)CCC1. The van der Waals surface area contributed by atoms with Gasteiger partial charge in [-0.05, 0) is 24.7 Å². The van der Waals surface area contributed by atoms with E-state index in [1.165, 1.54) is 0 Å². The Morgan fingerprint density at radius 3 is 2.91 bits per heavy atom. The fraction of sp³-hybridized carbons (Fsp3) is 0.714. The third kappa shape index (κ3) is 2.32. The fourth-order valence-corrected chi connectivity index (χ4v) is 1.31. The van der Waals surface area contributed by atoms with E-state index in [0.29, 0.717) is 5.47 Å². The van der Waals surface area contributed by atoms with Crippen LogP contribution in [0.1, 0.15) is 19.3 Å². The van der Waals surface area contributed by atoms with E-state index in [9.17, 15) is 0 Å². The molecule has 0 spiro atoms. The molecule has 0 aromatic rings. The van der Waals surface area contributed by atoms with Crippen LogP contribution in [0.15, 0.2) is 11.5 Å². The van der Waals surface area contributed by atoms with Crippen molar-refractivity contribution in [2.45, 2.75) is 25.4 Å². The van der Waals surface area contributed by atoms with Crippen LogP contribution in [0.5, 0.6) is 0 Å². The molecule has 11 heavy (non-hydrogen) atoms. The van der Waals surface area contributed by atoms with Gasteiger partial charge >= 0.3 is 7.12 Å². The maximum atomic E-state index is 8.82. The maximum Gasteiger partial charge on any atom is 0.483 e. The quantitative estimate of drug-likeness (QED) is 0.558. The lowest BCUT2D eigenvalue weighted by Gasteiger charge is -2.19. The van der Waals surface area contributed by atoms with Crippen LogP contribution in [0.4, 0.5) is 0 Å². The molecule has 1 unspecified atom stereocenters. The van der Waals surface area contributed by atoms with Gasteiger partial charge in [-0.15, -0.1) is 0 Å². The summed E-state index contributed by atoms with van der Waals surface area (Å²) in [5, 5.41) is 17.6. The zero-order valence-electron chi connectivity index (χ0n) is 6.66. The number of rotatable bonds is 2. The molecule has 0 aromatic carbocycles. The molecular weight excluding hydrogens is 143 g/mol. The molecular formula is C7H13BO3. The van der Waals surface area contributed by atoms with E-state index in [4.69, 9.17) is 14.8 Å². The average Bonchev–Trinajstić information content (AvgIpc) is 2.05. The third-order valence-corrected chi connectivity index (χ3v) is 1.99. The van der Waals surface area contributed by atoms with E-state index in [2.05, 4.69) is 0 Å². The average molecular weight is 156 g/mol. The largest absolute Gasteiger partial charge is 0.483 e. The lowest BCUT2D eigenvalue weighted by molar-refractivity contribution is 0.127. The highest BCUT2D eigenvalue weighted by molar-refractivity contribution is 6.50. The van der Waals surface area contributed by atoms with Crippen molar-refractivity contribution < 1.29 is 14.8 Å². The molecule has 1 atom stereocenters. The molecule has 0 radical (unpaired) electrons. The Bertz CT molecular complexity index is 156. The smallest absolute Gasteiger partial charge is 0.423 e. The van der Waals surface area contributed by atoms with Crippen molar-refractivity contribution >= 4 is 7.12 Å². The summed E-state index contributed by atoms with van der Waals surface area (Å²) in [5.74, 6) is 0. The van der Waals surface area contributed by atoms with Crippen LogP contribution in [0.2, 0.25) is 0 Å². The summed E-state index contributed by atoms with van der Waals surface area (Å²) in [6.07, 6.45) is 4.60. The lowest BCUT2D eigenvalue weighted by atomic mass is 9.73. The maximum absolute atomic E-state index is 8.82. The third-order valence-electron chi connectivity index (χ3n) is 1.99. The molecule has 0 aliphatic heterocycles. The van der Waals surface area contributed by atoms with E-state index in [-0.39, 0.29) is 6.10 Å². The van der Waals surface area contributed by atoms with Crippen LogP contribution in [0, 0.1) is 0 Å². The van der Waals surface area contributed by atoms with Crippen LogP contribution in [0.3, 0.4) is 0 Å². The van der Waals surface area contributed by atoms with Gasteiger partial charge in [-0.3, -0.25) is 0 Å². The Kier molecular flexibility index (Phi) is 3.11. The molecule has 1 aliphatic rings. The van der Waals surface area contributed by atoms with Crippen molar-refractivity contribution in [1.29, 1.82) is 0 Å². The first-order valence-electron chi connectivity index (χ1n) is 3.83. The molecule has 0 bridgehead atoms. The monoisotopic (exact) mass is 156 g/mol. The lowest BCUT2D eigenvalue weighted by Crippen LogP contribution is -2.22. The molecule has 2 N–H and O–H groups in total. The van der Waals surface area contributed by atoms with Crippen LogP contribution in [-0.2, 0) is 4.74 Å². The number of ether oxygens (including phenoxy) is 1. The molecule has 0 fully saturated rings. The number of hydrogen-bond donors (Lipinski definition) is 2. The van der Waals surface area contributed by atoms with Gasteiger partial charge in [-0.25, -0.2) is 0 Å². The van der Waals surface area contributed by atoms with Gasteiger partial charge in [0.15, 0.2) is 0 Å². The summed E-state index contributed by atoms with van der Waals surface area (Å²) < 4.78 is 5.07. The van der Waals surface area contributed by atoms with Crippen molar-refractivity contribution in [2.75, 3.05) is 7.11 Å². The summed E-state index contributed by atoms with van der Waals surface area (Å²) in [4.78, 5) is 0. The highest BCUT2D eigenvalue weighted by Gasteiger charge is 2.20. The normalized spacial score (nSPS) is 24.6. The zero-order chi connectivity index (χ0) is 8.27. The topological polar surface area (TPSA) is 49.7 Å². The molecule has 62 valence electrons. The van der Waals surface area contributed by atoms with E-state index < -0.39 is 7.12 Å². The predicted octanol–water partition coefficient (Wildman–Crippen LogP) is 0.124. The molecule has 1 aliphatic carbocycles. The minimum Gasteiger partial charge on any atom is -0.423 e. The second-order valence-corrected chi connectivity index (χ2v) is 2.78. The molecule has 0 amide bonds. The van der Waals surface area contributed by atoms with Gasteiger partial charge in [0.1, 0.15) is 0 Å². The second-order valence-electron chi connectivity index (χ2n) is 2.78. The van der Waals surface area contributed by atoms with Gasteiger partial charge in [-0.2, -0.15) is 0 Å². The van der Waals surface area contributed by atoms with E-state index >= 15 is 0 Å². The van der Waals surface area contributed by atoms with Crippen molar-refractivity contribution in [2.24, 2.45) is 0 Å². The van der Waals surface area contributed by atoms with Gasteiger partial charge < -0.3 is 14.8 Å². The van der Waals surface area contributed by atoms with Crippen LogP contribution in [-0.4, -0.2) is 30.4 Å². The summed E-state index contributed by atoms with van der Waals surface area (Å²) in [6, 6.07) is 0. The van der Waals surface area contributed by atoms with Gasteiger partial charge in [0, 0.05) is 7.11 Å². The molecule has 0 saturated carbocycles. The zero-order valence-corrected chi connectivity index (χ0v) is 6.66. The van der Waals surface area contributed by atoms with E-state index in [0.717, 1.165) is 19.3 Å². The molecule has 0 heterocycles. The minimum absolute atomic E-state index is 0.0700. The van der Waals surface area contributed by atoms with Crippen molar-refractivity contribution in [1.82, 2.24) is 0 Å². The van der Waals surface area contributed by atoms with Crippen LogP contribution < -0.4 is 0 Å². The molecule has 0 saturated heterocycles. The van der Waals surface area contributed by atoms with Crippen LogP contribution >= 0.6 is 0 Å². The molecule has 4 heteroatoms. The predicted molar refractivity (Wildman–Crippen MR) is 42.9 cm³/mol. The van der Waals surface area contributed by atoms with Gasteiger partial charge in [0.25, 0.3) is 0 Å². The highest BCUT2D eigenvalue weighted by atomic mass is 16.5. The fourth-order valence-electron chi connectivity index (χ4n) is 1.31. The molecule has 1 rings (SSSR count). The first-order valence-corrected chi connectivity index (χ1v) is 3.83. The van der Waals surface area contributed by atoms with Gasteiger partial charge in [-0.1, -0.05) is 6.08 Å². The molecule has 0 aromatic heterocycles. The first-order chi connectivity index (χ1) is 5.24. The highest BCUT2D eigenvalue weighted by Crippen LogP contribution is 2.19. The van der Waals surface area contributed by atoms with E-state index in [1.54, 1.807) is 13.2 Å². The summed E-state index contributed by atoms with van der Waals surface area (Å²) in [6.45, 7) is 0. The number of allylic oxidation sites excluding steroid dienone is 1. The second kappa shape index (κ2) is 3.90. The summed E-state index contributed by atoms with van der Waals surface area (Å²) >= 11 is 0. The number of hydrogen-bond acceptors (Lipinski definition) is 3. The van der Waals surface area contributed by atoms with Crippen molar-refractivity contribution in [3.8, 4) is 0 Å². The summed E-state index contributed by atoms with van der Waals surface area (Å²) in [7, 11) is 0.335.